The number of carbonyl (C=O) groups excluding carboxylic acids is 1. The number of nitrogens with one attached hydrogen (secondary N) is 1. The van der Waals surface area contributed by atoms with Crippen molar-refractivity contribution < 1.29 is 4.79 Å². The third kappa shape index (κ3) is 3.27. The van der Waals surface area contributed by atoms with E-state index in [4.69, 9.17) is 5.73 Å². The number of nitrogens with zero attached hydrogens (tertiary/aromatic N) is 1. The summed E-state index contributed by atoms with van der Waals surface area (Å²) in [7, 11) is 0. The summed E-state index contributed by atoms with van der Waals surface area (Å²) in [6.45, 7) is 0. The number of hydrogen-bond acceptors (Lipinski definition) is 4. The summed E-state index contributed by atoms with van der Waals surface area (Å²) in [4.78, 5) is 18.2. The Kier molecular flexibility index (Phi) is 4.71. The van der Waals surface area contributed by atoms with Crippen molar-refractivity contribution in [2.24, 2.45) is 5.73 Å². The SMILES string of the molecule is Cl.N[C@H]1CCc2nc(NC(=O)c3ccc4c(c3)CCC4)sc2C1. The molecule has 0 unspecified atom stereocenters. The Hall–Kier alpha value is -1.43. The summed E-state index contributed by atoms with van der Waals surface area (Å²) >= 11 is 1.56. The second kappa shape index (κ2) is 6.59. The van der Waals surface area contributed by atoms with Crippen molar-refractivity contribution in [3.05, 3.63) is 45.5 Å². The summed E-state index contributed by atoms with van der Waals surface area (Å²) in [6, 6.07) is 6.26. The molecule has 2 aliphatic carbocycles. The van der Waals surface area contributed by atoms with Gasteiger partial charge in [-0.25, -0.2) is 4.98 Å². The molecular weight excluding hydrogens is 330 g/mol. The van der Waals surface area contributed by atoms with E-state index in [1.54, 1.807) is 11.3 Å². The average molecular weight is 350 g/mol. The van der Waals surface area contributed by atoms with E-state index in [1.165, 1.54) is 22.4 Å². The molecule has 1 aromatic heterocycles. The zero-order valence-corrected chi connectivity index (χ0v) is 14.4. The van der Waals surface area contributed by atoms with Gasteiger partial charge in [0.2, 0.25) is 0 Å². The number of rotatable bonds is 2. The first-order valence-corrected chi connectivity index (χ1v) is 8.68. The number of benzene rings is 1. The van der Waals surface area contributed by atoms with Crippen LogP contribution in [0.2, 0.25) is 0 Å². The number of halogens is 1. The summed E-state index contributed by atoms with van der Waals surface area (Å²) < 4.78 is 0. The second-order valence-corrected chi connectivity index (χ2v) is 7.27. The molecule has 4 nitrogen and oxygen atoms in total. The quantitative estimate of drug-likeness (QED) is 0.875. The molecule has 3 N–H and O–H groups in total. The van der Waals surface area contributed by atoms with E-state index in [2.05, 4.69) is 16.4 Å². The maximum Gasteiger partial charge on any atom is 0.257 e. The topological polar surface area (TPSA) is 68.0 Å². The van der Waals surface area contributed by atoms with E-state index in [1.807, 2.05) is 12.1 Å². The maximum atomic E-state index is 12.4. The van der Waals surface area contributed by atoms with Crippen molar-refractivity contribution in [2.75, 3.05) is 5.32 Å². The zero-order chi connectivity index (χ0) is 15.1. The molecule has 1 heterocycles. The van der Waals surface area contributed by atoms with Crippen LogP contribution in [0.15, 0.2) is 18.2 Å². The van der Waals surface area contributed by atoms with Crippen LogP contribution in [-0.2, 0) is 25.7 Å². The van der Waals surface area contributed by atoms with Crippen LogP contribution >= 0.6 is 23.7 Å². The van der Waals surface area contributed by atoms with Crippen LogP contribution < -0.4 is 11.1 Å². The van der Waals surface area contributed by atoms with Crippen LogP contribution in [0.3, 0.4) is 0 Å². The van der Waals surface area contributed by atoms with Crippen LogP contribution in [0, 0.1) is 0 Å². The lowest BCUT2D eigenvalue weighted by Gasteiger charge is -2.15. The van der Waals surface area contributed by atoms with E-state index in [-0.39, 0.29) is 24.4 Å². The molecule has 122 valence electrons. The fourth-order valence-electron chi connectivity index (χ4n) is 3.34. The number of amides is 1. The van der Waals surface area contributed by atoms with Crippen molar-refractivity contribution in [3.63, 3.8) is 0 Å². The van der Waals surface area contributed by atoms with Crippen LogP contribution in [0.25, 0.3) is 0 Å². The van der Waals surface area contributed by atoms with Gasteiger partial charge in [-0.1, -0.05) is 6.07 Å². The van der Waals surface area contributed by atoms with Crippen LogP contribution in [0.1, 0.15) is 44.9 Å². The van der Waals surface area contributed by atoms with Gasteiger partial charge in [-0.2, -0.15) is 0 Å². The van der Waals surface area contributed by atoms with Crippen molar-refractivity contribution in [3.8, 4) is 0 Å². The summed E-state index contributed by atoms with van der Waals surface area (Å²) in [6.07, 6.45) is 6.19. The van der Waals surface area contributed by atoms with Gasteiger partial charge >= 0.3 is 0 Å². The third-order valence-corrected chi connectivity index (χ3v) is 5.59. The summed E-state index contributed by atoms with van der Waals surface area (Å²) in [5.41, 5.74) is 10.5. The molecule has 1 aromatic carbocycles. The first-order valence-electron chi connectivity index (χ1n) is 7.86. The molecule has 2 aliphatic rings. The minimum Gasteiger partial charge on any atom is -0.327 e. The number of fused-ring (bicyclic) bond motifs is 2. The van der Waals surface area contributed by atoms with Crippen molar-refractivity contribution in [1.29, 1.82) is 0 Å². The third-order valence-electron chi connectivity index (χ3n) is 4.56. The molecule has 0 aliphatic heterocycles. The molecule has 1 amide bonds. The van der Waals surface area contributed by atoms with E-state index < -0.39 is 0 Å². The average Bonchev–Trinajstić information content (AvgIpc) is 3.11. The van der Waals surface area contributed by atoms with E-state index >= 15 is 0 Å². The van der Waals surface area contributed by atoms with Gasteiger partial charge in [0, 0.05) is 16.5 Å². The predicted octanol–water partition coefficient (Wildman–Crippen LogP) is 3.12. The molecule has 0 spiro atoms. The molecule has 1 atom stereocenters. The number of hydrogen-bond donors (Lipinski definition) is 2. The largest absolute Gasteiger partial charge is 0.327 e. The van der Waals surface area contributed by atoms with E-state index in [0.29, 0.717) is 5.13 Å². The lowest BCUT2D eigenvalue weighted by atomic mass is 9.99. The number of nitrogens with two attached hydrogens (primary N) is 1. The summed E-state index contributed by atoms with van der Waals surface area (Å²) in [5, 5.41) is 3.65. The highest BCUT2D eigenvalue weighted by Gasteiger charge is 2.21. The fourth-order valence-corrected chi connectivity index (χ4v) is 4.43. The van der Waals surface area contributed by atoms with Crippen LogP contribution in [-0.4, -0.2) is 16.9 Å². The van der Waals surface area contributed by atoms with Crippen LogP contribution in [0.5, 0.6) is 0 Å². The Morgan fingerprint density at radius 3 is 2.96 bits per heavy atom. The molecule has 6 heteroatoms. The Labute approximate surface area is 145 Å². The monoisotopic (exact) mass is 349 g/mol. The van der Waals surface area contributed by atoms with Gasteiger partial charge in [0.05, 0.1) is 5.69 Å². The number of aromatic nitrogens is 1. The van der Waals surface area contributed by atoms with Gasteiger partial charge in [-0.15, -0.1) is 23.7 Å². The molecule has 0 saturated carbocycles. The Balaban J connectivity index is 0.00000156. The van der Waals surface area contributed by atoms with Gasteiger partial charge in [-0.05, 0) is 61.8 Å². The first kappa shape index (κ1) is 16.4. The lowest BCUT2D eigenvalue weighted by Crippen LogP contribution is -2.27. The van der Waals surface area contributed by atoms with Gasteiger partial charge in [0.25, 0.3) is 5.91 Å². The van der Waals surface area contributed by atoms with E-state index in [9.17, 15) is 4.79 Å². The zero-order valence-electron chi connectivity index (χ0n) is 12.8. The van der Waals surface area contributed by atoms with Crippen molar-refractivity contribution in [1.82, 2.24) is 4.98 Å². The van der Waals surface area contributed by atoms with Gasteiger partial charge in [-0.3, -0.25) is 10.1 Å². The van der Waals surface area contributed by atoms with Crippen LogP contribution in [0.4, 0.5) is 5.13 Å². The first-order chi connectivity index (χ1) is 10.7. The number of carbonyl (C=O) groups is 1. The number of anilines is 1. The molecule has 0 bridgehead atoms. The highest BCUT2D eigenvalue weighted by atomic mass is 35.5. The standard InChI is InChI=1S/C17H19N3OS.ClH/c18-13-6-7-14-15(9-13)22-17(19-14)20-16(21)12-5-4-10-2-1-3-11(10)8-12;/h4-5,8,13H,1-3,6-7,9,18H2,(H,19,20,21);1H/t13-;/m0./s1. The molecular formula is C17H20ClN3OS. The molecule has 0 radical (unpaired) electrons. The predicted molar refractivity (Wildman–Crippen MR) is 95.8 cm³/mol. The van der Waals surface area contributed by atoms with Gasteiger partial charge in [0.15, 0.2) is 5.13 Å². The van der Waals surface area contributed by atoms with Gasteiger partial charge < -0.3 is 5.73 Å². The Bertz CT molecular complexity index is 743. The molecule has 0 fully saturated rings. The Morgan fingerprint density at radius 2 is 2.09 bits per heavy atom. The minimum absolute atomic E-state index is 0. The molecule has 4 rings (SSSR count). The molecule has 2 aromatic rings. The number of aryl methyl sites for hydroxylation is 3. The molecule has 0 saturated heterocycles. The van der Waals surface area contributed by atoms with Crippen molar-refractivity contribution >= 4 is 34.8 Å². The second-order valence-electron chi connectivity index (χ2n) is 6.18. The van der Waals surface area contributed by atoms with Crippen molar-refractivity contribution in [2.45, 2.75) is 44.6 Å². The highest BCUT2D eigenvalue weighted by Crippen LogP contribution is 2.30. The highest BCUT2D eigenvalue weighted by molar-refractivity contribution is 7.15. The normalized spacial score (nSPS) is 18.7. The van der Waals surface area contributed by atoms with Gasteiger partial charge in [0.1, 0.15) is 0 Å². The minimum atomic E-state index is -0.0647. The number of thiazole rings is 1. The smallest absolute Gasteiger partial charge is 0.257 e. The Morgan fingerprint density at radius 1 is 1.26 bits per heavy atom. The molecule has 23 heavy (non-hydrogen) atoms. The summed E-state index contributed by atoms with van der Waals surface area (Å²) in [5.74, 6) is -0.0647. The lowest BCUT2D eigenvalue weighted by molar-refractivity contribution is 0.102. The fraction of sp³-hybridized carbons (Fsp3) is 0.412. The maximum absolute atomic E-state index is 12.4. The van der Waals surface area contributed by atoms with E-state index in [0.717, 1.165) is 43.4 Å².